The number of nitrogens with two attached hydrogens (primary N) is 1. The summed E-state index contributed by atoms with van der Waals surface area (Å²) in [6, 6.07) is 5.64. The van der Waals surface area contributed by atoms with Crippen LogP contribution in [-0.2, 0) is 6.42 Å². The van der Waals surface area contributed by atoms with Gasteiger partial charge >= 0.3 is 0 Å². The molecule has 30 heavy (non-hydrogen) atoms. The lowest BCUT2D eigenvalue weighted by Crippen LogP contribution is -2.25. The Hall–Kier alpha value is -2.94. The van der Waals surface area contributed by atoms with Crippen LogP contribution in [0.25, 0.3) is 0 Å². The van der Waals surface area contributed by atoms with Crippen LogP contribution in [0.15, 0.2) is 18.2 Å². The second-order valence-corrected chi connectivity index (χ2v) is 8.77. The molecule has 0 aliphatic carbocycles. The van der Waals surface area contributed by atoms with Crippen LogP contribution in [0.2, 0.25) is 0 Å². The molecule has 1 aliphatic heterocycles. The van der Waals surface area contributed by atoms with Gasteiger partial charge < -0.3 is 27.0 Å². The zero-order valence-corrected chi connectivity index (χ0v) is 18.2. The number of carbonyl (C=O) groups is 1. The first-order valence-electron chi connectivity index (χ1n) is 10.4. The van der Waals surface area contributed by atoms with Gasteiger partial charge in [0.25, 0.3) is 0 Å². The zero-order valence-electron chi connectivity index (χ0n) is 18.2. The van der Waals surface area contributed by atoms with Gasteiger partial charge in [0.1, 0.15) is 0 Å². The molecule has 3 rings (SSSR count). The highest BCUT2D eigenvalue weighted by atomic mass is 16.1. The van der Waals surface area contributed by atoms with Crippen molar-refractivity contribution in [3.8, 4) is 0 Å². The third-order valence-electron chi connectivity index (χ3n) is 4.83. The van der Waals surface area contributed by atoms with Crippen LogP contribution in [0.3, 0.4) is 0 Å². The average Bonchev–Trinajstić information content (AvgIpc) is 3.18. The maximum atomic E-state index is 11.6. The van der Waals surface area contributed by atoms with Crippen LogP contribution in [0.1, 0.15) is 50.0 Å². The van der Waals surface area contributed by atoms with Gasteiger partial charge in [-0.3, -0.25) is 4.79 Å². The summed E-state index contributed by atoms with van der Waals surface area (Å²) in [5.74, 6) is 0.952. The van der Waals surface area contributed by atoms with Crippen molar-refractivity contribution in [2.24, 2.45) is 11.1 Å². The molecule has 2 aromatic rings. The first-order valence-corrected chi connectivity index (χ1v) is 10.4. The molecule has 0 bridgehead atoms. The molecule has 1 saturated heterocycles. The summed E-state index contributed by atoms with van der Waals surface area (Å²) in [4.78, 5) is 25.3. The summed E-state index contributed by atoms with van der Waals surface area (Å²) in [6.45, 7) is 11.1. The van der Waals surface area contributed by atoms with Gasteiger partial charge in [0.15, 0.2) is 0 Å². The lowest BCUT2D eigenvalue weighted by atomic mass is 9.97. The minimum Gasteiger partial charge on any atom is -0.366 e. The van der Waals surface area contributed by atoms with Crippen molar-refractivity contribution in [3.63, 3.8) is 0 Å². The minimum atomic E-state index is -0.472. The Labute approximate surface area is 177 Å². The number of hydrogen-bond donors (Lipinski definition) is 5. The van der Waals surface area contributed by atoms with Crippen LogP contribution < -0.4 is 27.0 Å². The van der Waals surface area contributed by atoms with E-state index in [4.69, 9.17) is 5.73 Å². The molecule has 1 amide bonds. The number of rotatable bonds is 8. The van der Waals surface area contributed by atoms with E-state index in [0.717, 1.165) is 43.7 Å². The van der Waals surface area contributed by atoms with Crippen molar-refractivity contribution in [1.82, 2.24) is 20.3 Å². The number of hydrogen-bond acceptors (Lipinski definition) is 8. The van der Waals surface area contributed by atoms with Gasteiger partial charge in [-0.25, -0.2) is 0 Å². The van der Waals surface area contributed by atoms with Crippen molar-refractivity contribution in [1.29, 1.82) is 0 Å². The number of nitrogens with zero attached hydrogens (tertiary/aromatic N) is 3. The third-order valence-corrected chi connectivity index (χ3v) is 4.83. The van der Waals surface area contributed by atoms with Gasteiger partial charge in [-0.15, -0.1) is 0 Å². The summed E-state index contributed by atoms with van der Waals surface area (Å²) >= 11 is 0. The van der Waals surface area contributed by atoms with E-state index in [1.54, 1.807) is 12.1 Å². The Kier molecular flexibility index (Phi) is 6.71. The molecule has 9 nitrogen and oxygen atoms in total. The van der Waals surface area contributed by atoms with E-state index in [-0.39, 0.29) is 11.5 Å². The fraction of sp³-hybridized carbons (Fsp3) is 0.524. The van der Waals surface area contributed by atoms with Gasteiger partial charge in [-0.1, -0.05) is 33.8 Å². The predicted molar refractivity (Wildman–Crippen MR) is 120 cm³/mol. The Balaban J connectivity index is 1.90. The lowest BCUT2D eigenvalue weighted by molar-refractivity contribution is 0.100. The number of anilines is 4. The van der Waals surface area contributed by atoms with E-state index in [2.05, 4.69) is 57.0 Å². The van der Waals surface area contributed by atoms with Gasteiger partial charge in [0.2, 0.25) is 23.8 Å². The molecule has 1 aromatic heterocycles. The summed E-state index contributed by atoms with van der Waals surface area (Å²) in [6.07, 6.45) is 1.81. The van der Waals surface area contributed by atoms with Gasteiger partial charge in [0, 0.05) is 30.4 Å². The molecular formula is C21H32N8O. The van der Waals surface area contributed by atoms with Crippen molar-refractivity contribution in [3.05, 3.63) is 29.3 Å². The maximum absolute atomic E-state index is 11.6. The highest BCUT2D eigenvalue weighted by Gasteiger charge is 2.18. The lowest BCUT2D eigenvalue weighted by Gasteiger charge is -2.20. The monoisotopic (exact) mass is 412 g/mol. The largest absolute Gasteiger partial charge is 0.366 e. The number of primary amides is 1. The number of carbonyl (C=O) groups excluding carboxylic acids is 1. The molecule has 1 atom stereocenters. The summed E-state index contributed by atoms with van der Waals surface area (Å²) in [5.41, 5.74) is 7.77. The van der Waals surface area contributed by atoms with Crippen molar-refractivity contribution in [2.45, 2.75) is 46.6 Å². The van der Waals surface area contributed by atoms with Gasteiger partial charge in [0.05, 0.1) is 0 Å². The second kappa shape index (κ2) is 9.25. The zero-order chi connectivity index (χ0) is 21.7. The van der Waals surface area contributed by atoms with Crippen molar-refractivity contribution < 1.29 is 4.79 Å². The number of amides is 1. The molecular weight excluding hydrogens is 380 g/mol. The summed E-state index contributed by atoms with van der Waals surface area (Å²) in [5, 5.41) is 13.3. The van der Waals surface area contributed by atoms with Gasteiger partial charge in [-0.05, 0) is 42.5 Å². The molecule has 0 saturated carbocycles. The third kappa shape index (κ3) is 6.03. The maximum Gasteiger partial charge on any atom is 0.248 e. The molecule has 1 fully saturated rings. The summed E-state index contributed by atoms with van der Waals surface area (Å²) in [7, 11) is 0. The number of aryl methyl sites for hydroxylation is 1. The van der Waals surface area contributed by atoms with Crippen LogP contribution >= 0.6 is 0 Å². The van der Waals surface area contributed by atoms with Crippen molar-refractivity contribution in [2.75, 3.05) is 35.6 Å². The average molecular weight is 413 g/mol. The molecule has 0 spiro atoms. The van der Waals surface area contributed by atoms with Crippen LogP contribution in [-0.4, -0.2) is 46.5 Å². The minimum absolute atomic E-state index is 0.0778. The van der Waals surface area contributed by atoms with Crippen LogP contribution in [0.4, 0.5) is 23.5 Å². The molecule has 1 aliphatic rings. The second-order valence-electron chi connectivity index (χ2n) is 8.77. The number of nitrogens with one attached hydrogen (secondary N) is 4. The topological polar surface area (TPSA) is 130 Å². The first kappa shape index (κ1) is 21.8. The molecule has 1 aromatic carbocycles. The van der Waals surface area contributed by atoms with E-state index < -0.39 is 5.91 Å². The van der Waals surface area contributed by atoms with E-state index in [0.29, 0.717) is 23.4 Å². The first-order chi connectivity index (χ1) is 14.2. The highest BCUT2D eigenvalue weighted by Crippen LogP contribution is 2.23. The highest BCUT2D eigenvalue weighted by molar-refractivity contribution is 5.94. The Bertz CT molecular complexity index is 887. The van der Waals surface area contributed by atoms with Gasteiger partial charge in [-0.2, -0.15) is 15.0 Å². The van der Waals surface area contributed by atoms with E-state index in [9.17, 15) is 4.79 Å². The van der Waals surface area contributed by atoms with E-state index in [1.807, 2.05) is 13.0 Å². The Morgan fingerprint density at radius 2 is 1.93 bits per heavy atom. The number of benzene rings is 1. The summed E-state index contributed by atoms with van der Waals surface area (Å²) < 4.78 is 0. The molecule has 6 N–H and O–H groups in total. The SMILES string of the molecule is CCc1ccc(C(N)=O)cc1Nc1nc(NCC(C)(C)C)nc(N[C@@H]2CCNC2)n1. The quantitative estimate of drug-likeness (QED) is 0.447. The molecule has 0 radical (unpaired) electrons. The Morgan fingerprint density at radius 1 is 1.20 bits per heavy atom. The van der Waals surface area contributed by atoms with E-state index in [1.165, 1.54) is 0 Å². The normalized spacial score (nSPS) is 16.3. The van der Waals surface area contributed by atoms with E-state index >= 15 is 0 Å². The smallest absolute Gasteiger partial charge is 0.248 e. The molecule has 162 valence electrons. The Morgan fingerprint density at radius 3 is 2.57 bits per heavy atom. The molecule has 0 unspecified atom stereocenters. The fourth-order valence-electron chi connectivity index (χ4n) is 3.15. The van der Waals surface area contributed by atoms with Crippen LogP contribution in [0, 0.1) is 5.41 Å². The molecule has 9 heteroatoms. The predicted octanol–water partition coefficient (Wildman–Crippen LogP) is 2.51. The van der Waals surface area contributed by atoms with Crippen molar-refractivity contribution >= 4 is 29.4 Å². The standard InChI is InChI=1S/C21H32N8O/c1-5-13-6-7-14(17(22)30)10-16(13)26-20-28-18(24-12-21(2,3)4)27-19(29-20)25-15-8-9-23-11-15/h6-7,10,15,23H,5,8-9,11-12H2,1-4H3,(H2,22,30)(H3,24,25,26,27,28,29)/t15-/m1/s1. The molecule has 2 heterocycles. The van der Waals surface area contributed by atoms with Crippen LogP contribution in [0.5, 0.6) is 0 Å². The fourth-order valence-corrected chi connectivity index (χ4v) is 3.15. The number of aromatic nitrogens is 3.